The van der Waals surface area contributed by atoms with Crippen molar-refractivity contribution >= 4 is 16.6 Å². The highest BCUT2D eigenvalue weighted by molar-refractivity contribution is 5.94. The van der Waals surface area contributed by atoms with Crippen molar-refractivity contribution in [1.82, 2.24) is 4.98 Å². The highest BCUT2D eigenvalue weighted by Gasteiger charge is 2.21. The van der Waals surface area contributed by atoms with E-state index in [-0.39, 0.29) is 6.10 Å². The smallest absolute Gasteiger partial charge is 0.146 e. The molecule has 4 heteroatoms. The zero-order valence-electron chi connectivity index (χ0n) is 8.72. The summed E-state index contributed by atoms with van der Waals surface area (Å²) in [4.78, 5) is 4.31. The van der Waals surface area contributed by atoms with Crippen LogP contribution < -0.4 is 10.5 Å². The Kier molecular flexibility index (Phi) is 2.15. The molecule has 2 aromatic rings. The highest BCUT2D eigenvalue weighted by Crippen LogP contribution is 2.29. The molecule has 16 heavy (non-hydrogen) atoms. The first-order valence-electron chi connectivity index (χ1n) is 5.22. The van der Waals surface area contributed by atoms with Crippen molar-refractivity contribution in [3.8, 4) is 5.75 Å². The molecule has 4 nitrogen and oxygen atoms in total. The molecule has 1 aliphatic heterocycles. The lowest BCUT2D eigenvalue weighted by molar-refractivity contribution is -0.0791. The van der Waals surface area contributed by atoms with Crippen molar-refractivity contribution < 1.29 is 9.47 Å². The molecule has 1 aromatic carbocycles. The lowest BCUT2D eigenvalue weighted by atomic mass is 10.1. The van der Waals surface area contributed by atoms with E-state index in [1.807, 2.05) is 24.3 Å². The third kappa shape index (κ3) is 1.47. The summed E-state index contributed by atoms with van der Waals surface area (Å²) in [5.41, 5.74) is 7.42. The first kappa shape index (κ1) is 9.42. The van der Waals surface area contributed by atoms with Crippen LogP contribution in [0.3, 0.4) is 0 Å². The molecule has 0 atom stereocenters. The topological polar surface area (TPSA) is 57.4 Å². The quantitative estimate of drug-likeness (QED) is 0.774. The van der Waals surface area contributed by atoms with Crippen LogP contribution >= 0.6 is 0 Å². The predicted molar refractivity (Wildman–Crippen MR) is 61.4 cm³/mol. The molecule has 0 unspecified atom stereocenters. The number of hydrogen-bond donors (Lipinski definition) is 1. The van der Waals surface area contributed by atoms with E-state index in [2.05, 4.69) is 4.98 Å². The summed E-state index contributed by atoms with van der Waals surface area (Å²) in [6.45, 7) is 1.30. The van der Waals surface area contributed by atoms with Crippen LogP contribution in [-0.4, -0.2) is 24.3 Å². The number of pyridine rings is 1. The maximum atomic E-state index is 5.88. The van der Waals surface area contributed by atoms with Gasteiger partial charge < -0.3 is 15.2 Å². The van der Waals surface area contributed by atoms with Gasteiger partial charge in [-0.3, -0.25) is 4.98 Å². The van der Waals surface area contributed by atoms with Crippen LogP contribution in [0, 0.1) is 0 Å². The van der Waals surface area contributed by atoms with Crippen molar-refractivity contribution in [1.29, 1.82) is 0 Å². The van der Waals surface area contributed by atoms with E-state index in [1.165, 1.54) is 0 Å². The molecule has 0 spiro atoms. The number of rotatable bonds is 2. The number of hydrogen-bond acceptors (Lipinski definition) is 4. The van der Waals surface area contributed by atoms with Gasteiger partial charge in [-0.1, -0.05) is 0 Å². The van der Waals surface area contributed by atoms with E-state index in [1.54, 1.807) is 6.20 Å². The molecule has 2 N–H and O–H groups in total. The standard InChI is InChI=1S/C12H12N2O2/c13-10-3-4-11(16-8-6-15-7-8)12-9(10)2-1-5-14-12/h1-5,8H,6-7,13H2. The number of aromatic nitrogens is 1. The summed E-state index contributed by atoms with van der Waals surface area (Å²) >= 11 is 0. The largest absolute Gasteiger partial charge is 0.483 e. The average Bonchev–Trinajstić information content (AvgIpc) is 2.26. The zero-order chi connectivity index (χ0) is 11.0. The molecule has 1 aromatic heterocycles. The molecule has 0 amide bonds. The van der Waals surface area contributed by atoms with Gasteiger partial charge in [0.2, 0.25) is 0 Å². The molecule has 0 aliphatic carbocycles. The second kappa shape index (κ2) is 3.64. The lowest BCUT2D eigenvalue weighted by Crippen LogP contribution is -2.38. The fourth-order valence-electron chi connectivity index (χ4n) is 1.73. The number of ether oxygens (including phenoxy) is 2. The maximum Gasteiger partial charge on any atom is 0.146 e. The van der Waals surface area contributed by atoms with Crippen LogP contribution in [0.1, 0.15) is 0 Å². The maximum absolute atomic E-state index is 5.88. The summed E-state index contributed by atoms with van der Waals surface area (Å²) in [5.74, 6) is 0.776. The number of nitrogens with zero attached hydrogens (tertiary/aromatic N) is 1. The number of benzene rings is 1. The van der Waals surface area contributed by atoms with E-state index >= 15 is 0 Å². The second-order valence-electron chi connectivity index (χ2n) is 3.83. The Labute approximate surface area is 93.0 Å². The Balaban J connectivity index is 2.06. The van der Waals surface area contributed by atoms with Crippen LogP contribution in [0.25, 0.3) is 10.9 Å². The van der Waals surface area contributed by atoms with Gasteiger partial charge in [0.1, 0.15) is 17.4 Å². The lowest BCUT2D eigenvalue weighted by Gasteiger charge is -2.27. The normalized spacial score (nSPS) is 16.0. The monoisotopic (exact) mass is 216 g/mol. The Morgan fingerprint density at radius 1 is 1.31 bits per heavy atom. The van der Waals surface area contributed by atoms with Crippen molar-refractivity contribution in [2.75, 3.05) is 18.9 Å². The molecule has 1 aliphatic rings. The fraction of sp³-hybridized carbons (Fsp3) is 0.250. The molecular formula is C12H12N2O2. The van der Waals surface area contributed by atoms with Crippen molar-refractivity contribution in [3.05, 3.63) is 30.5 Å². The minimum absolute atomic E-state index is 0.147. The van der Waals surface area contributed by atoms with Crippen LogP contribution in [0.15, 0.2) is 30.5 Å². The first-order chi connectivity index (χ1) is 7.84. The van der Waals surface area contributed by atoms with Crippen LogP contribution in [0.4, 0.5) is 5.69 Å². The van der Waals surface area contributed by atoms with E-state index in [0.717, 1.165) is 22.3 Å². The van der Waals surface area contributed by atoms with Gasteiger partial charge in [-0.05, 0) is 24.3 Å². The second-order valence-corrected chi connectivity index (χ2v) is 3.83. The average molecular weight is 216 g/mol. The molecule has 1 saturated heterocycles. The van der Waals surface area contributed by atoms with Gasteiger partial charge in [-0.25, -0.2) is 0 Å². The number of fused-ring (bicyclic) bond motifs is 1. The van der Waals surface area contributed by atoms with Gasteiger partial charge in [0.05, 0.1) is 13.2 Å². The van der Waals surface area contributed by atoms with E-state index in [0.29, 0.717) is 13.2 Å². The van der Waals surface area contributed by atoms with Crippen LogP contribution in [0.5, 0.6) is 5.75 Å². The third-order valence-electron chi connectivity index (χ3n) is 2.67. The first-order valence-corrected chi connectivity index (χ1v) is 5.22. The van der Waals surface area contributed by atoms with Gasteiger partial charge in [0, 0.05) is 17.3 Å². The minimum Gasteiger partial charge on any atom is -0.483 e. The summed E-state index contributed by atoms with van der Waals surface area (Å²) in [5, 5.41) is 0.931. The number of nitrogen functional groups attached to an aromatic ring is 1. The molecule has 1 fully saturated rings. The van der Waals surface area contributed by atoms with Crippen LogP contribution in [-0.2, 0) is 4.74 Å². The Morgan fingerprint density at radius 3 is 2.94 bits per heavy atom. The van der Waals surface area contributed by atoms with E-state index in [4.69, 9.17) is 15.2 Å². The fourth-order valence-corrected chi connectivity index (χ4v) is 1.73. The van der Waals surface area contributed by atoms with Crippen molar-refractivity contribution in [2.45, 2.75) is 6.10 Å². The summed E-state index contributed by atoms with van der Waals surface area (Å²) in [6.07, 6.45) is 1.89. The molecule has 2 heterocycles. The van der Waals surface area contributed by atoms with Crippen molar-refractivity contribution in [3.63, 3.8) is 0 Å². The molecular weight excluding hydrogens is 204 g/mol. The number of anilines is 1. The number of nitrogens with two attached hydrogens (primary N) is 1. The van der Waals surface area contributed by atoms with Gasteiger partial charge in [-0.15, -0.1) is 0 Å². The minimum atomic E-state index is 0.147. The van der Waals surface area contributed by atoms with Gasteiger partial charge in [0.25, 0.3) is 0 Å². The Hall–Kier alpha value is -1.81. The van der Waals surface area contributed by atoms with E-state index < -0.39 is 0 Å². The SMILES string of the molecule is Nc1ccc(OC2COC2)c2ncccc12. The predicted octanol–water partition coefficient (Wildman–Crippen LogP) is 1.59. The molecule has 82 valence electrons. The highest BCUT2D eigenvalue weighted by atomic mass is 16.6. The van der Waals surface area contributed by atoms with Gasteiger partial charge in [-0.2, -0.15) is 0 Å². The zero-order valence-corrected chi connectivity index (χ0v) is 8.72. The summed E-state index contributed by atoms with van der Waals surface area (Å²) in [7, 11) is 0. The van der Waals surface area contributed by atoms with E-state index in [9.17, 15) is 0 Å². The third-order valence-corrected chi connectivity index (χ3v) is 2.67. The van der Waals surface area contributed by atoms with Gasteiger partial charge >= 0.3 is 0 Å². The molecule has 0 bridgehead atoms. The molecule has 0 saturated carbocycles. The molecule has 3 rings (SSSR count). The molecule has 0 radical (unpaired) electrons. The van der Waals surface area contributed by atoms with Crippen molar-refractivity contribution in [2.24, 2.45) is 0 Å². The Morgan fingerprint density at radius 2 is 2.19 bits per heavy atom. The van der Waals surface area contributed by atoms with Crippen LogP contribution in [0.2, 0.25) is 0 Å². The summed E-state index contributed by atoms with van der Waals surface area (Å²) < 4.78 is 10.8. The van der Waals surface area contributed by atoms with Gasteiger partial charge in [0.15, 0.2) is 0 Å². The summed E-state index contributed by atoms with van der Waals surface area (Å²) in [6, 6.07) is 7.53. The Bertz CT molecular complexity index is 523.